The van der Waals surface area contributed by atoms with E-state index in [1.54, 1.807) is 17.0 Å². The molecule has 1 amide bonds. The molecule has 5 heteroatoms. The van der Waals surface area contributed by atoms with Crippen LogP contribution >= 0.6 is 11.6 Å². The first-order valence-electron chi connectivity index (χ1n) is 6.00. The number of likely N-dealkylation sites (tertiary alicyclic amines) is 1. The van der Waals surface area contributed by atoms with Crippen LogP contribution in [0.3, 0.4) is 0 Å². The number of aliphatic hydroxyl groups excluding tert-OH is 1. The Kier molecular flexibility index (Phi) is 4.44. The van der Waals surface area contributed by atoms with E-state index in [4.69, 9.17) is 16.3 Å². The maximum Gasteiger partial charge on any atom is 0.226 e. The third-order valence-electron chi connectivity index (χ3n) is 2.93. The second-order valence-corrected chi connectivity index (χ2v) is 4.72. The number of β-amino-alcohol motifs (C(OH)–C–C–N with tert-alkyl or cyclic N) is 1. The van der Waals surface area contributed by atoms with Gasteiger partial charge in [-0.2, -0.15) is 0 Å². The van der Waals surface area contributed by atoms with E-state index in [1.807, 2.05) is 12.1 Å². The van der Waals surface area contributed by atoms with Gasteiger partial charge in [0.05, 0.1) is 24.2 Å². The van der Waals surface area contributed by atoms with Crippen molar-refractivity contribution in [3.8, 4) is 5.75 Å². The third kappa shape index (κ3) is 3.37. The van der Waals surface area contributed by atoms with Gasteiger partial charge in [0.1, 0.15) is 5.75 Å². The molecule has 18 heavy (non-hydrogen) atoms. The van der Waals surface area contributed by atoms with Crippen molar-refractivity contribution in [2.24, 2.45) is 0 Å². The minimum atomic E-state index is -0.376. The molecule has 98 valence electrons. The molecule has 1 aliphatic heterocycles. The van der Waals surface area contributed by atoms with Crippen LogP contribution in [0.15, 0.2) is 24.3 Å². The summed E-state index contributed by atoms with van der Waals surface area (Å²) in [6, 6.07) is 7.17. The van der Waals surface area contributed by atoms with Gasteiger partial charge in [-0.15, -0.1) is 0 Å². The average molecular weight is 270 g/mol. The first-order valence-corrected chi connectivity index (χ1v) is 6.38. The molecule has 0 radical (unpaired) electrons. The maximum atomic E-state index is 11.8. The van der Waals surface area contributed by atoms with Crippen LogP contribution in [-0.2, 0) is 4.79 Å². The lowest BCUT2D eigenvalue weighted by atomic mass is 10.3. The van der Waals surface area contributed by atoms with Crippen molar-refractivity contribution < 1.29 is 14.6 Å². The zero-order valence-corrected chi connectivity index (χ0v) is 10.8. The van der Waals surface area contributed by atoms with Crippen molar-refractivity contribution in [2.45, 2.75) is 18.9 Å². The van der Waals surface area contributed by atoms with Gasteiger partial charge in [0.2, 0.25) is 5.91 Å². The Hall–Kier alpha value is -1.26. The molecule has 1 unspecified atom stereocenters. The number of para-hydroxylation sites is 1. The Morgan fingerprint density at radius 2 is 2.28 bits per heavy atom. The van der Waals surface area contributed by atoms with Gasteiger partial charge in [-0.1, -0.05) is 23.7 Å². The minimum absolute atomic E-state index is 0.0126. The van der Waals surface area contributed by atoms with E-state index in [-0.39, 0.29) is 12.0 Å². The zero-order valence-electron chi connectivity index (χ0n) is 10.0. The molecule has 1 atom stereocenters. The second-order valence-electron chi connectivity index (χ2n) is 4.31. The third-order valence-corrected chi connectivity index (χ3v) is 3.24. The number of carbonyl (C=O) groups excluding carboxylic acids is 1. The van der Waals surface area contributed by atoms with E-state index in [0.717, 1.165) is 0 Å². The van der Waals surface area contributed by atoms with Gasteiger partial charge < -0.3 is 14.7 Å². The lowest BCUT2D eigenvalue weighted by molar-refractivity contribution is -0.131. The Balaban J connectivity index is 1.75. The average Bonchev–Trinajstić information content (AvgIpc) is 2.78. The molecule has 1 heterocycles. The lowest BCUT2D eigenvalue weighted by Crippen LogP contribution is -2.30. The van der Waals surface area contributed by atoms with Gasteiger partial charge in [-0.3, -0.25) is 4.79 Å². The summed E-state index contributed by atoms with van der Waals surface area (Å²) in [6.07, 6.45) is 0.591. The number of ether oxygens (including phenoxy) is 1. The normalized spacial score (nSPS) is 19.0. The van der Waals surface area contributed by atoms with E-state index < -0.39 is 0 Å². The molecule has 1 saturated heterocycles. The maximum absolute atomic E-state index is 11.8. The monoisotopic (exact) mass is 269 g/mol. The van der Waals surface area contributed by atoms with Crippen LogP contribution in [0.1, 0.15) is 12.8 Å². The molecular formula is C13H16ClNO3. The largest absolute Gasteiger partial charge is 0.491 e. The first-order chi connectivity index (χ1) is 8.66. The number of rotatable bonds is 4. The number of aliphatic hydroxyl groups is 1. The van der Waals surface area contributed by atoms with Crippen LogP contribution in [0.25, 0.3) is 0 Å². The molecule has 0 aliphatic carbocycles. The van der Waals surface area contributed by atoms with E-state index >= 15 is 0 Å². The van der Waals surface area contributed by atoms with Crippen molar-refractivity contribution >= 4 is 17.5 Å². The van der Waals surface area contributed by atoms with Crippen LogP contribution in [-0.4, -0.2) is 41.7 Å². The summed E-state index contributed by atoms with van der Waals surface area (Å²) in [4.78, 5) is 13.4. The molecular weight excluding hydrogens is 254 g/mol. The highest BCUT2D eigenvalue weighted by molar-refractivity contribution is 6.32. The highest BCUT2D eigenvalue weighted by Crippen LogP contribution is 2.23. The number of halogens is 1. The SMILES string of the molecule is O=C(CCOc1ccccc1Cl)N1CCC(O)C1. The second kappa shape index (κ2) is 6.07. The van der Waals surface area contributed by atoms with Crippen molar-refractivity contribution in [1.29, 1.82) is 0 Å². The van der Waals surface area contributed by atoms with E-state index in [0.29, 0.717) is 43.3 Å². The summed E-state index contributed by atoms with van der Waals surface area (Å²) < 4.78 is 5.45. The predicted molar refractivity (Wildman–Crippen MR) is 68.8 cm³/mol. The summed E-state index contributed by atoms with van der Waals surface area (Å²) in [5, 5.41) is 9.89. The Morgan fingerprint density at radius 3 is 2.94 bits per heavy atom. The number of amides is 1. The molecule has 1 aromatic carbocycles. The first kappa shape index (κ1) is 13.2. The van der Waals surface area contributed by atoms with Crippen molar-refractivity contribution in [1.82, 2.24) is 4.90 Å². The smallest absolute Gasteiger partial charge is 0.226 e. The fourth-order valence-corrected chi connectivity index (χ4v) is 2.13. The Labute approximate surface area is 111 Å². The van der Waals surface area contributed by atoms with Gasteiger partial charge in [-0.05, 0) is 18.6 Å². The molecule has 1 N–H and O–H groups in total. The number of benzene rings is 1. The molecule has 0 aromatic heterocycles. The molecule has 0 saturated carbocycles. The van der Waals surface area contributed by atoms with Gasteiger partial charge in [0.25, 0.3) is 0 Å². The van der Waals surface area contributed by atoms with E-state index in [9.17, 15) is 9.90 Å². The molecule has 0 spiro atoms. The highest BCUT2D eigenvalue weighted by atomic mass is 35.5. The number of hydrogen-bond donors (Lipinski definition) is 1. The highest BCUT2D eigenvalue weighted by Gasteiger charge is 2.24. The Bertz CT molecular complexity index is 424. The molecule has 0 bridgehead atoms. The summed E-state index contributed by atoms with van der Waals surface area (Å²) in [5.41, 5.74) is 0. The Morgan fingerprint density at radius 1 is 1.50 bits per heavy atom. The lowest BCUT2D eigenvalue weighted by Gasteiger charge is -2.15. The van der Waals surface area contributed by atoms with Gasteiger partial charge in [-0.25, -0.2) is 0 Å². The molecule has 1 aromatic rings. The van der Waals surface area contributed by atoms with Crippen molar-refractivity contribution in [3.05, 3.63) is 29.3 Å². The van der Waals surface area contributed by atoms with Gasteiger partial charge in [0.15, 0.2) is 0 Å². The fraction of sp³-hybridized carbons (Fsp3) is 0.462. The summed E-state index contributed by atoms with van der Waals surface area (Å²) in [5.74, 6) is 0.604. The molecule has 2 rings (SSSR count). The van der Waals surface area contributed by atoms with E-state index in [1.165, 1.54) is 0 Å². The van der Waals surface area contributed by atoms with Crippen LogP contribution in [0.5, 0.6) is 5.75 Å². The van der Waals surface area contributed by atoms with Gasteiger partial charge in [0, 0.05) is 13.1 Å². The molecule has 1 aliphatic rings. The summed E-state index contributed by atoms with van der Waals surface area (Å²) >= 11 is 5.93. The molecule has 1 fully saturated rings. The van der Waals surface area contributed by atoms with Crippen LogP contribution in [0.2, 0.25) is 5.02 Å². The van der Waals surface area contributed by atoms with E-state index in [2.05, 4.69) is 0 Å². The standard InChI is InChI=1S/C13H16ClNO3/c14-11-3-1-2-4-12(11)18-8-6-13(17)15-7-5-10(16)9-15/h1-4,10,16H,5-9H2. The number of carbonyl (C=O) groups is 1. The van der Waals surface area contributed by atoms with Crippen molar-refractivity contribution in [2.75, 3.05) is 19.7 Å². The zero-order chi connectivity index (χ0) is 13.0. The number of nitrogens with zero attached hydrogens (tertiary/aromatic N) is 1. The van der Waals surface area contributed by atoms with Crippen LogP contribution < -0.4 is 4.74 Å². The van der Waals surface area contributed by atoms with Gasteiger partial charge >= 0.3 is 0 Å². The summed E-state index contributed by atoms with van der Waals surface area (Å²) in [7, 11) is 0. The molecule has 4 nitrogen and oxygen atoms in total. The van der Waals surface area contributed by atoms with Crippen molar-refractivity contribution in [3.63, 3.8) is 0 Å². The quantitative estimate of drug-likeness (QED) is 0.905. The number of hydrogen-bond acceptors (Lipinski definition) is 3. The topological polar surface area (TPSA) is 49.8 Å². The van der Waals surface area contributed by atoms with Crippen LogP contribution in [0, 0.1) is 0 Å². The predicted octanol–water partition coefficient (Wildman–Crippen LogP) is 1.70. The van der Waals surface area contributed by atoms with Crippen LogP contribution in [0.4, 0.5) is 0 Å². The minimum Gasteiger partial charge on any atom is -0.491 e. The summed E-state index contributed by atoms with van der Waals surface area (Å²) in [6.45, 7) is 1.37. The fourth-order valence-electron chi connectivity index (χ4n) is 1.94.